The van der Waals surface area contributed by atoms with Gasteiger partial charge in [-0.05, 0) is 24.5 Å². The van der Waals surface area contributed by atoms with E-state index in [0.29, 0.717) is 5.92 Å². The first-order chi connectivity index (χ1) is 9.33. The van der Waals surface area contributed by atoms with Crippen molar-refractivity contribution in [3.05, 3.63) is 66.8 Å². The Kier molecular flexibility index (Phi) is 3.27. The fourth-order valence-corrected chi connectivity index (χ4v) is 2.36. The number of aromatic nitrogens is 2. The van der Waals surface area contributed by atoms with Crippen LogP contribution in [-0.2, 0) is 6.54 Å². The van der Waals surface area contributed by atoms with Crippen molar-refractivity contribution in [2.75, 3.05) is 0 Å². The lowest BCUT2D eigenvalue weighted by molar-refractivity contribution is 0.535. The molecule has 0 saturated heterocycles. The highest BCUT2D eigenvalue weighted by molar-refractivity contribution is 5.55. The maximum absolute atomic E-state index is 13.3. The zero-order valence-electron chi connectivity index (χ0n) is 10.5. The molecule has 0 bridgehead atoms. The molecular formula is C16H15FN2. The average molecular weight is 254 g/mol. The van der Waals surface area contributed by atoms with Crippen LogP contribution in [0.25, 0.3) is 11.4 Å². The molecule has 2 nitrogen and oxygen atoms in total. The van der Waals surface area contributed by atoms with Gasteiger partial charge in [-0.15, -0.1) is 0 Å². The molecule has 0 aliphatic heterocycles. The van der Waals surface area contributed by atoms with Gasteiger partial charge in [0, 0.05) is 24.5 Å². The van der Waals surface area contributed by atoms with E-state index in [1.807, 2.05) is 12.3 Å². The highest BCUT2D eigenvalue weighted by Gasteiger charge is 2.11. The Morgan fingerprint density at radius 1 is 1.32 bits per heavy atom. The number of allylic oxidation sites excluding steroid dienone is 4. The van der Waals surface area contributed by atoms with Crippen LogP contribution in [0.3, 0.4) is 0 Å². The van der Waals surface area contributed by atoms with Crippen LogP contribution in [0, 0.1) is 11.7 Å². The average Bonchev–Trinajstić information content (AvgIpc) is 2.88. The molecule has 1 atom stereocenters. The molecule has 0 saturated carbocycles. The minimum absolute atomic E-state index is 0.229. The molecule has 0 N–H and O–H groups in total. The summed E-state index contributed by atoms with van der Waals surface area (Å²) in [6.07, 6.45) is 13.3. The van der Waals surface area contributed by atoms with Crippen molar-refractivity contribution in [3.63, 3.8) is 0 Å². The second-order valence-electron chi connectivity index (χ2n) is 4.72. The van der Waals surface area contributed by atoms with Gasteiger partial charge in [-0.25, -0.2) is 9.37 Å². The maximum atomic E-state index is 13.3. The first kappa shape index (κ1) is 11.9. The van der Waals surface area contributed by atoms with Crippen LogP contribution in [0.2, 0.25) is 0 Å². The van der Waals surface area contributed by atoms with Crippen molar-refractivity contribution in [3.8, 4) is 11.4 Å². The standard InChI is InChI=1S/C16H15FN2/c17-15-8-4-7-14(11-15)16-18-9-10-19(16)12-13-5-2-1-3-6-13/h1-5,7-11,13H,6,12H2. The van der Waals surface area contributed by atoms with Gasteiger partial charge >= 0.3 is 0 Å². The quantitative estimate of drug-likeness (QED) is 0.814. The Morgan fingerprint density at radius 2 is 2.26 bits per heavy atom. The third kappa shape index (κ3) is 2.65. The number of imidazole rings is 1. The van der Waals surface area contributed by atoms with Crippen molar-refractivity contribution in [2.24, 2.45) is 5.92 Å². The number of nitrogens with zero attached hydrogens (tertiary/aromatic N) is 2. The van der Waals surface area contributed by atoms with Gasteiger partial charge in [-0.3, -0.25) is 0 Å². The molecule has 3 rings (SSSR count). The Morgan fingerprint density at radius 3 is 3.05 bits per heavy atom. The lowest BCUT2D eigenvalue weighted by Gasteiger charge is -2.15. The highest BCUT2D eigenvalue weighted by atomic mass is 19.1. The molecule has 1 aromatic carbocycles. The zero-order valence-corrected chi connectivity index (χ0v) is 10.5. The lowest BCUT2D eigenvalue weighted by atomic mass is 10.0. The molecule has 0 spiro atoms. The summed E-state index contributed by atoms with van der Waals surface area (Å²) in [5.41, 5.74) is 0.820. The molecule has 2 aromatic rings. The van der Waals surface area contributed by atoms with E-state index in [-0.39, 0.29) is 5.82 Å². The predicted molar refractivity (Wildman–Crippen MR) is 74.0 cm³/mol. The zero-order chi connectivity index (χ0) is 13.1. The van der Waals surface area contributed by atoms with Crippen LogP contribution in [0.1, 0.15) is 6.42 Å². The normalized spacial score (nSPS) is 17.8. The van der Waals surface area contributed by atoms with Crippen LogP contribution >= 0.6 is 0 Å². The topological polar surface area (TPSA) is 17.8 Å². The fraction of sp³-hybridized carbons (Fsp3) is 0.188. The molecule has 0 radical (unpaired) electrons. The second kappa shape index (κ2) is 5.22. The molecule has 1 aromatic heterocycles. The molecule has 1 unspecified atom stereocenters. The summed E-state index contributed by atoms with van der Waals surface area (Å²) in [5, 5.41) is 0. The first-order valence-corrected chi connectivity index (χ1v) is 6.43. The molecule has 96 valence electrons. The summed E-state index contributed by atoms with van der Waals surface area (Å²) >= 11 is 0. The van der Waals surface area contributed by atoms with E-state index >= 15 is 0 Å². The van der Waals surface area contributed by atoms with Gasteiger partial charge < -0.3 is 4.57 Å². The fourth-order valence-electron chi connectivity index (χ4n) is 2.36. The van der Waals surface area contributed by atoms with E-state index in [9.17, 15) is 4.39 Å². The molecule has 19 heavy (non-hydrogen) atoms. The van der Waals surface area contributed by atoms with E-state index in [1.165, 1.54) is 12.1 Å². The number of hydrogen-bond acceptors (Lipinski definition) is 1. The summed E-state index contributed by atoms with van der Waals surface area (Å²) in [4.78, 5) is 4.35. The van der Waals surface area contributed by atoms with Crippen LogP contribution in [0.4, 0.5) is 4.39 Å². The minimum atomic E-state index is -0.229. The van der Waals surface area contributed by atoms with E-state index in [2.05, 4.69) is 33.9 Å². The Hall–Kier alpha value is -2.16. The molecule has 1 aliphatic rings. The van der Waals surface area contributed by atoms with E-state index in [0.717, 1.165) is 24.4 Å². The van der Waals surface area contributed by atoms with Crippen molar-refractivity contribution in [1.82, 2.24) is 9.55 Å². The van der Waals surface area contributed by atoms with Crippen molar-refractivity contribution in [2.45, 2.75) is 13.0 Å². The molecule has 1 heterocycles. The van der Waals surface area contributed by atoms with Crippen LogP contribution < -0.4 is 0 Å². The van der Waals surface area contributed by atoms with Crippen molar-refractivity contribution >= 4 is 0 Å². The number of halogens is 1. The van der Waals surface area contributed by atoms with E-state index in [4.69, 9.17) is 0 Å². The van der Waals surface area contributed by atoms with E-state index in [1.54, 1.807) is 12.3 Å². The minimum Gasteiger partial charge on any atom is -0.330 e. The molecular weight excluding hydrogens is 239 g/mol. The third-order valence-electron chi connectivity index (χ3n) is 3.30. The number of rotatable bonds is 3. The number of benzene rings is 1. The smallest absolute Gasteiger partial charge is 0.140 e. The molecule has 3 heteroatoms. The highest BCUT2D eigenvalue weighted by Crippen LogP contribution is 2.21. The summed E-state index contributed by atoms with van der Waals surface area (Å²) < 4.78 is 15.4. The summed E-state index contributed by atoms with van der Waals surface area (Å²) in [6, 6.07) is 6.58. The summed E-state index contributed by atoms with van der Waals surface area (Å²) in [5.74, 6) is 1.07. The van der Waals surface area contributed by atoms with Crippen LogP contribution in [0.15, 0.2) is 61.0 Å². The van der Waals surface area contributed by atoms with Crippen molar-refractivity contribution < 1.29 is 4.39 Å². The predicted octanol–water partition coefficient (Wildman–Crippen LogP) is 3.82. The molecule has 1 aliphatic carbocycles. The van der Waals surface area contributed by atoms with Gasteiger partial charge in [0.2, 0.25) is 0 Å². The Bertz CT molecular complexity index is 625. The van der Waals surface area contributed by atoms with Gasteiger partial charge in [0.25, 0.3) is 0 Å². The Balaban J connectivity index is 1.86. The SMILES string of the molecule is Fc1cccc(-c2nccn2CC2C=CC=CC2)c1. The van der Waals surface area contributed by atoms with Gasteiger partial charge in [0.05, 0.1) is 0 Å². The maximum Gasteiger partial charge on any atom is 0.140 e. The van der Waals surface area contributed by atoms with Gasteiger partial charge in [0.1, 0.15) is 11.6 Å². The van der Waals surface area contributed by atoms with Crippen LogP contribution in [-0.4, -0.2) is 9.55 Å². The van der Waals surface area contributed by atoms with Crippen LogP contribution in [0.5, 0.6) is 0 Å². The van der Waals surface area contributed by atoms with Gasteiger partial charge in [-0.2, -0.15) is 0 Å². The largest absolute Gasteiger partial charge is 0.330 e. The molecule has 0 fully saturated rings. The third-order valence-corrected chi connectivity index (χ3v) is 3.30. The van der Waals surface area contributed by atoms with E-state index < -0.39 is 0 Å². The summed E-state index contributed by atoms with van der Waals surface area (Å²) in [6.45, 7) is 0.868. The van der Waals surface area contributed by atoms with Gasteiger partial charge in [-0.1, -0.05) is 36.4 Å². The monoisotopic (exact) mass is 254 g/mol. The summed E-state index contributed by atoms with van der Waals surface area (Å²) in [7, 11) is 0. The first-order valence-electron chi connectivity index (χ1n) is 6.43. The lowest BCUT2D eigenvalue weighted by Crippen LogP contribution is -2.09. The number of hydrogen-bond donors (Lipinski definition) is 0. The van der Waals surface area contributed by atoms with Gasteiger partial charge in [0.15, 0.2) is 0 Å². The van der Waals surface area contributed by atoms with Crippen molar-refractivity contribution in [1.29, 1.82) is 0 Å². The second-order valence-corrected chi connectivity index (χ2v) is 4.72. The Labute approximate surface area is 111 Å². The molecule has 0 amide bonds.